The first-order valence-electron chi connectivity index (χ1n) is 11.2. The van der Waals surface area contributed by atoms with Gasteiger partial charge < -0.3 is 15.4 Å². The molecule has 0 aliphatic carbocycles. The second-order valence-electron chi connectivity index (χ2n) is 8.08. The summed E-state index contributed by atoms with van der Waals surface area (Å²) >= 11 is 7.04. The van der Waals surface area contributed by atoms with Crippen LogP contribution in [0.5, 0.6) is 5.75 Å². The maximum atomic E-state index is 12.8. The van der Waals surface area contributed by atoms with Crippen LogP contribution in [0.1, 0.15) is 11.1 Å². The van der Waals surface area contributed by atoms with Gasteiger partial charge in [0.1, 0.15) is 12.3 Å². The number of imide groups is 1. The van der Waals surface area contributed by atoms with Crippen molar-refractivity contribution in [1.29, 1.82) is 0 Å². The van der Waals surface area contributed by atoms with Gasteiger partial charge in [-0.2, -0.15) is 0 Å². The summed E-state index contributed by atoms with van der Waals surface area (Å²) in [6.07, 6.45) is 1.52. The molecule has 188 valence electrons. The van der Waals surface area contributed by atoms with Crippen molar-refractivity contribution >= 4 is 63.8 Å². The topological polar surface area (TPSA) is 105 Å². The zero-order chi connectivity index (χ0) is 26.4. The van der Waals surface area contributed by atoms with E-state index in [0.29, 0.717) is 22.7 Å². The van der Waals surface area contributed by atoms with Crippen LogP contribution in [0, 0.1) is 6.92 Å². The van der Waals surface area contributed by atoms with Gasteiger partial charge in [0, 0.05) is 11.4 Å². The summed E-state index contributed by atoms with van der Waals surface area (Å²) in [5, 5.41) is 5.10. The fraction of sp³-hybridized carbons (Fsp3) is 0.111. The molecular weight excluding hydrogens is 514 g/mol. The Kier molecular flexibility index (Phi) is 8.27. The van der Waals surface area contributed by atoms with Crippen LogP contribution in [-0.2, 0) is 14.4 Å². The van der Waals surface area contributed by atoms with Gasteiger partial charge >= 0.3 is 0 Å². The Morgan fingerprint density at radius 1 is 0.946 bits per heavy atom. The van der Waals surface area contributed by atoms with Crippen LogP contribution >= 0.6 is 23.4 Å². The number of carbonyl (C=O) groups is 4. The van der Waals surface area contributed by atoms with E-state index in [4.69, 9.17) is 16.3 Å². The molecule has 10 heteroatoms. The maximum Gasteiger partial charge on any atom is 0.294 e. The summed E-state index contributed by atoms with van der Waals surface area (Å²) < 4.78 is 5.51. The Bertz CT molecular complexity index is 1390. The average molecular weight is 536 g/mol. The third-order valence-electron chi connectivity index (χ3n) is 5.15. The Labute approximate surface area is 222 Å². The zero-order valence-electron chi connectivity index (χ0n) is 19.7. The molecule has 0 aromatic heterocycles. The van der Waals surface area contributed by atoms with Crippen LogP contribution in [0.4, 0.5) is 16.2 Å². The van der Waals surface area contributed by atoms with Gasteiger partial charge in [-0.05, 0) is 72.3 Å². The molecule has 1 fully saturated rings. The minimum Gasteiger partial charge on any atom is -0.482 e. The molecule has 0 bridgehead atoms. The van der Waals surface area contributed by atoms with E-state index in [1.54, 1.807) is 60.7 Å². The summed E-state index contributed by atoms with van der Waals surface area (Å²) in [5.41, 5.74) is 2.76. The minimum absolute atomic E-state index is 0.167. The molecule has 0 spiro atoms. The fourth-order valence-corrected chi connectivity index (χ4v) is 4.52. The van der Waals surface area contributed by atoms with Crippen molar-refractivity contribution in [3.63, 3.8) is 0 Å². The predicted molar refractivity (Wildman–Crippen MR) is 145 cm³/mol. The van der Waals surface area contributed by atoms with E-state index < -0.39 is 23.6 Å². The Morgan fingerprint density at radius 3 is 2.41 bits per heavy atom. The second kappa shape index (κ2) is 11.8. The van der Waals surface area contributed by atoms with E-state index in [0.717, 1.165) is 22.2 Å². The van der Waals surface area contributed by atoms with Crippen molar-refractivity contribution in [2.24, 2.45) is 0 Å². The van der Waals surface area contributed by atoms with Gasteiger partial charge in [-0.25, -0.2) is 0 Å². The van der Waals surface area contributed by atoms with Gasteiger partial charge in [0.2, 0.25) is 5.91 Å². The van der Waals surface area contributed by atoms with Gasteiger partial charge in [0.25, 0.3) is 17.1 Å². The molecule has 0 unspecified atom stereocenters. The number of aryl methyl sites for hydroxylation is 1. The van der Waals surface area contributed by atoms with Gasteiger partial charge in [0.15, 0.2) is 6.61 Å². The SMILES string of the molecule is Cc1cccc(NC(=O)CN2C(=O)S/C(=C\c3ccc(OCC(=O)Nc4ccccc4)c(Cl)c3)C2=O)c1. The lowest BCUT2D eigenvalue weighted by Crippen LogP contribution is -2.36. The van der Waals surface area contributed by atoms with Crippen molar-refractivity contribution in [3.8, 4) is 5.75 Å². The largest absolute Gasteiger partial charge is 0.482 e. The summed E-state index contributed by atoms with van der Waals surface area (Å²) in [4.78, 5) is 50.7. The highest BCUT2D eigenvalue weighted by Crippen LogP contribution is 2.33. The Morgan fingerprint density at radius 2 is 1.68 bits per heavy atom. The lowest BCUT2D eigenvalue weighted by molar-refractivity contribution is -0.127. The number of amides is 4. The molecule has 0 atom stereocenters. The van der Waals surface area contributed by atoms with Gasteiger partial charge in [-0.1, -0.05) is 48.0 Å². The fourth-order valence-electron chi connectivity index (χ4n) is 3.44. The first-order chi connectivity index (χ1) is 17.8. The van der Waals surface area contributed by atoms with Gasteiger partial charge in [-0.3, -0.25) is 24.1 Å². The first-order valence-corrected chi connectivity index (χ1v) is 12.4. The van der Waals surface area contributed by atoms with E-state index >= 15 is 0 Å². The van der Waals surface area contributed by atoms with Gasteiger partial charge in [-0.15, -0.1) is 0 Å². The summed E-state index contributed by atoms with van der Waals surface area (Å²) in [6, 6.07) is 21.0. The van der Waals surface area contributed by atoms with Crippen molar-refractivity contribution in [2.75, 3.05) is 23.8 Å². The number of carbonyl (C=O) groups excluding carboxylic acids is 4. The van der Waals surface area contributed by atoms with Crippen LogP contribution in [-0.4, -0.2) is 41.0 Å². The highest BCUT2D eigenvalue weighted by molar-refractivity contribution is 8.18. The predicted octanol–water partition coefficient (Wildman–Crippen LogP) is 5.34. The standard InChI is InChI=1S/C27H22ClN3O5S/c1-17-6-5-9-20(12-17)30-24(32)15-31-26(34)23(37-27(31)35)14-18-10-11-22(21(28)13-18)36-16-25(33)29-19-7-3-2-4-8-19/h2-14H,15-16H2,1H3,(H,29,33)(H,30,32)/b23-14-. The molecule has 3 aromatic carbocycles. The number of ether oxygens (including phenoxy) is 1. The molecule has 1 aliphatic heterocycles. The lowest BCUT2D eigenvalue weighted by atomic mass is 10.2. The number of para-hydroxylation sites is 1. The molecule has 1 heterocycles. The molecule has 4 rings (SSSR count). The van der Waals surface area contributed by atoms with Crippen LogP contribution in [0.15, 0.2) is 77.7 Å². The lowest BCUT2D eigenvalue weighted by Gasteiger charge is -2.12. The summed E-state index contributed by atoms with van der Waals surface area (Å²) in [6.45, 7) is 1.26. The Balaban J connectivity index is 1.35. The second-order valence-corrected chi connectivity index (χ2v) is 9.48. The smallest absolute Gasteiger partial charge is 0.294 e. The highest BCUT2D eigenvalue weighted by Gasteiger charge is 2.36. The summed E-state index contributed by atoms with van der Waals surface area (Å²) in [5.74, 6) is -1.09. The van der Waals surface area contributed by atoms with Crippen molar-refractivity contribution in [2.45, 2.75) is 6.92 Å². The molecule has 1 saturated heterocycles. The molecule has 0 saturated carbocycles. The molecule has 2 N–H and O–H groups in total. The number of halogens is 1. The molecule has 37 heavy (non-hydrogen) atoms. The van der Waals surface area contributed by atoms with Crippen molar-refractivity contribution in [3.05, 3.63) is 93.9 Å². The van der Waals surface area contributed by atoms with Crippen molar-refractivity contribution < 1.29 is 23.9 Å². The normalized spacial score (nSPS) is 14.1. The first kappa shape index (κ1) is 26.0. The van der Waals surface area contributed by atoms with E-state index in [-0.39, 0.29) is 22.4 Å². The highest BCUT2D eigenvalue weighted by atomic mass is 35.5. The van der Waals surface area contributed by atoms with Gasteiger partial charge in [0.05, 0.1) is 9.93 Å². The molecule has 1 aliphatic rings. The summed E-state index contributed by atoms with van der Waals surface area (Å²) in [7, 11) is 0. The third-order valence-corrected chi connectivity index (χ3v) is 6.35. The number of nitrogens with zero attached hydrogens (tertiary/aromatic N) is 1. The number of hydrogen-bond acceptors (Lipinski definition) is 6. The maximum absolute atomic E-state index is 12.8. The van der Waals surface area contributed by atoms with Crippen LogP contribution in [0.25, 0.3) is 6.08 Å². The third kappa shape index (κ3) is 6.99. The number of anilines is 2. The number of rotatable bonds is 8. The number of nitrogens with one attached hydrogen (secondary N) is 2. The Hall–Kier alpha value is -4.08. The number of benzene rings is 3. The van der Waals surface area contributed by atoms with Crippen molar-refractivity contribution in [1.82, 2.24) is 4.90 Å². The molecule has 3 aromatic rings. The molecule has 8 nitrogen and oxygen atoms in total. The molecule has 4 amide bonds. The number of hydrogen-bond donors (Lipinski definition) is 2. The average Bonchev–Trinajstić information content (AvgIpc) is 3.11. The van der Waals surface area contributed by atoms with E-state index in [2.05, 4.69) is 10.6 Å². The number of thioether (sulfide) groups is 1. The van der Waals surface area contributed by atoms with E-state index in [1.807, 2.05) is 19.1 Å². The van der Waals surface area contributed by atoms with E-state index in [1.165, 1.54) is 6.08 Å². The van der Waals surface area contributed by atoms with E-state index in [9.17, 15) is 19.2 Å². The minimum atomic E-state index is -0.566. The van der Waals surface area contributed by atoms with Crippen LogP contribution in [0.2, 0.25) is 5.02 Å². The molecule has 0 radical (unpaired) electrons. The monoisotopic (exact) mass is 535 g/mol. The quantitative estimate of drug-likeness (QED) is 0.377. The zero-order valence-corrected chi connectivity index (χ0v) is 21.3. The molecular formula is C27H22ClN3O5S. The van der Waals surface area contributed by atoms with Crippen LogP contribution in [0.3, 0.4) is 0 Å². The van der Waals surface area contributed by atoms with Crippen LogP contribution < -0.4 is 15.4 Å².